The molecule has 0 radical (unpaired) electrons. The number of amides is 5. The lowest BCUT2D eigenvalue weighted by atomic mass is 10.0. The van der Waals surface area contributed by atoms with E-state index in [1.165, 1.54) is 23.5 Å². The van der Waals surface area contributed by atoms with Gasteiger partial charge in [0.1, 0.15) is 11.0 Å². The van der Waals surface area contributed by atoms with Crippen LogP contribution in [0.3, 0.4) is 0 Å². The van der Waals surface area contributed by atoms with Crippen LogP contribution in [0.4, 0.5) is 10.5 Å². The van der Waals surface area contributed by atoms with E-state index in [0.29, 0.717) is 21.8 Å². The van der Waals surface area contributed by atoms with Gasteiger partial charge in [-0.25, -0.2) is 9.78 Å². The van der Waals surface area contributed by atoms with Crippen molar-refractivity contribution in [1.82, 2.24) is 20.5 Å². The molecule has 2 aromatic carbocycles. The van der Waals surface area contributed by atoms with Crippen molar-refractivity contribution in [3.05, 3.63) is 58.1 Å². The molecule has 0 spiro atoms. The molecular weight excluding hydrogens is 496 g/mol. The number of nitrogens with one attached hydrogen (secondary N) is 3. The first kappa shape index (κ1) is 24.4. The highest BCUT2D eigenvalue weighted by Gasteiger charge is 2.44. The minimum atomic E-state index is -1.34. The lowest BCUT2D eigenvalue weighted by Gasteiger charge is -2.31. The van der Waals surface area contributed by atoms with E-state index in [9.17, 15) is 24.3 Å². The molecule has 2 atom stereocenters. The lowest BCUT2D eigenvalue weighted by molar-refractivity contribution is -0.139. The van der Waals surface area contributed by atoms with Crippen molar-refractivity contribution in [3.63, 3.8) is 0 Å². The van der Waals surface area contributed by atoms with Crippen molar-refractivity contribution in [1.29, 1.82) is 5.26 Å². The van der Waals surface area contributed by atoms with Crippen LogP contribution < -0.4 is 16.0 Å². The molecule has 37 heavy (non-hydrogen) atoms. The molecule has 5 rings (SSSR count). The monoisotopic (exact) mass is 518 g/mol. The number of anilines is 1. The fourth-order valence-electron chi connectivity index (χ4n) is 4.47. The van der Waals surface area contributed by atoms with Gasteiger partial charge in [0.2, 0.25) is 11.8 Å². The fourth-order valence-corrected chi connectivity index (χ4v) is 5.53. The minimum Gasteiger partial charge on any atom is -0.369 e. The number of hydrogen-bond acceptors (Lipinski definition) is 8. The predicted molar refractivity (Wildman–Crippen MR) is 133 cm³/mol. The van der Waals surface area contributed by atoms with Crippen LogP contribution in [0.15, 0.2) is 36.4 Å². The van der Waals surface area contributed by atoms with Gasteiger partial charge in [-0.1, -0.05) is 6.07 Å². The molecule has 12 heteroatoms. The summed E-state index contributed by atoms with van der Waals surface area (Å²) in [6, 6.07) is 10.3. The fraction of sp³-hybridized carbons (Fsp3) is 0.280. The smallest absolute Gasteiger partial charge is 0.319 e. The van der Waals surface area contributed by atoms with Crippen LogP contribution in [0.25, 0.3) is 10.2 Å². The second-order valence-electron chi connectivity index (χ2n) is 9.37. The zero-order valence-electron chi connectivity index (χ0n) is 19.9. The summed E-state index contributed by atoms with van der Waals surface area (Å²) in [6.07, 6.45) is -1.15. The van der Waals surface area contributed by atoms with Gasteiger partial charge in [-0.3, -0.25) is 24.6 Å². The van der Waals surface area contributed by atoms with E-state index >= 15 is 0 Å². The van der Waals surface area contributed by atoms with E-state index in [1.807, 2.05) is 0 Å². The van der Waals surface area contributed by atoms with Gasteiger partial charge in [0, 0.05) is 23.2 Å². The summed E-state index contributed by atoms with van der Waals surface area (Å²) in [7, 11) is 0. The molecule has 5 amide bonds. The van der Waals surface area contributed by atoms with E-state index in [0.717, 1.165) is 15.1 Å². The first-order valence-corrected chi connectivity index (χ1v) is 12.3. The van der Waals surface area contributed by atoms with E-state index in [-0.39, 0.29) is 18.4 Å². The third-order valence-electron chi connectivity index (χ3n) is 6.34. The van der Waals surface area contributed by atoms with E-state index < -0.39 is 41.6 Å². The predicted octanol–water partition coefficient (Wildman–Crippen LogP) is 2.48. The van der Waals surface area contributed by atoms with Crippen molar-refractivity contribution in [2.45, 2.75) is 44.5 Å². The number of nitrogens with zero attached hydrogens (tertiary/aromatic N) is 3. The van der Waals surface area contributed by atoms with Gasteiger partial charge in [-0.2, -0.15) is 5.26 Å². The summed E-state index contributed by atoms with van der Waals surface area (Å²) in [6.45, 7) is 3.60. The second kappa shape index (κ2) is 8.95. The molecule has 2 aliphatic heterocycles. The van der Waals surface area contributed by atoms with E-state index in [1.54, 1.807) is 38.1 Å². The Labute approximate surface area is 215 Å². The third kappa shape index (κ3) is 4.39. The third-order valence-corrected chi connectivity index (χ3v) is 7.68. The molecule has 11 nitrogen and oxygen atoms in total. The van der Waals surface area contributed by atoms with Gasteiger partial charge >= 0.3 is 6.03 Å². The Balaban J connectivity index is 1.31. The number of aromatic nitrogens is 1. The van der Waals surface area contributed by atoms with Crippen LogP contribution in [0.5, 0.6) is 0 Å². The van der Waals surface area contributed by atoms with Crippen molar-refractivity contribution >= 4 is 51.0 Å². The van der Waals surface area contributed by atoms with E-state index in [2.05, 4.69) is 27.0 Å². The number of carbonyl (C=O) groups is 4. The summed E-state index contributed by atoms with van der Waals surface area (Å²) in [4.78, 5) is 55.3. The van der Waals surface area contributed by atoms with Gasteiger partial charge in [0.05, 0.1) is 27.4 Å². The summed E-state index contributed by atoms with van der Waals surface area (Å²) < 4.78 is 0.834. The zero-order valence-corrected chi connectivity index (χ0v) is 20.7. The Kier molecular flexibility index (Phi) is 5.89. The number of nitriles is 1. The number of aliphatic hydroxyl groups is 1. The quantitative estimate of drug-likeness (QED) is 0.385. The summed E-state index contributed by atoms with van der Waals surface area (Å²) in [5, 5.41) is 28.2. The van der Waals surface area contributed by atoms with Crippen LogP contribution in [0, 0.1) is 11.3 Å². The number of carbonyl (C=O) groups excluding carboxylic acids is 4. The molecule has 0 saturated carbocycles. The molecule has 1 unspecified atom stereocenters. The molecule has 4 N–H and O–H groups in total. The number of hydrogen-bond donors (Lipinski definition) is 4. The van der Waals surface area contributed by atoms with Crippen LogP contribution in [0.1, 0.15) is 59.4 Å². The van der Waals surface area contributed by atoms with Crippen molar-refractivity contribution < 1.29 is 24.3 Å². The Hall–Kier alpha value is -4.34. The normalized spacial score (nSPS) is 19.4. The number of fused-ring (bicyclic) bond motifs is 2. The molecule has 3 heterocycles. The molecule has 1 fully saturated rings. The minimum absolute atomic E-state index is 0.0696. The van der Waals surface area contributed by atoms with Crippen LogP contribution >= 0.6 is 11.3 Å². The average Bonchev–Trinajstić information content (AvgIpc) is 3.38. The van der Waals surface area contributed by atoms with Gasteiger partial charge in [0.15, 0.2) is 6.23 Å². The molecule has 3 aromatic rings. The SMILES string of the molecule is CC(C)(NC(=O)Nc1ccc2c(c1)C(=O)N([C@H]1CCC(=O)NC1=O)C2O)c1nc2ccc(C#N)cc2s1. The largest absolute Gasteiger partial charge is 0.369 e. The molecule has 1 saturated heterocycles. The highest BCUT2D eigenvalue weighted by molar-refractivity contribution is 7.18. The maximum absolute atomic E-state index is 13.1. The van der Waals surface area contributed by atoms with Gasteiger partial charge in [-0.05, 0) is 50.6 Å². The van der Waals surface area contributed by atoms with E-state index in [4.69, 9.17) is 5.26 Å². The van der Waals surface area contributed by atoms with Crippen molar-refractivity contribution in [3.8, 4) is 6.07 Å². The van der Waals surface area contributed by atoms with Crippen molar-refractivity contribution in [2.75, 3.05) is 5.32 Å². The first-order valence-electron chi connectivity index (χ1n) is 11.5. The summed E-state index contributed by atoms with van der Waals surface area (Å²) in [5.74, 6) is -1.61. The number of imide groups is 1. The molecule has 0 bridgehead atoms. The molecular formula is C25H22N6O5S. The zero-order chi connectivity index (χ0) is 26.5. The number of benzene rings is 2. The van der Waals surface area contributed by atoms with Crippen molar-refractivity contribution in [2.24, 2.45) is 0 Å². The Bertz CT molecular complexity index is 1520. The maximum atomic E-state index is 13.1. The Morgan fingerprint density at radius 3 is 2.76 bits per heavy atom. The molecule has 188 valence electrons. The van der Waals surface area contributed by atoms with Gasteiger partial charge in [0.25, 0.3) is 5.91 Å². The van der Waals surface area contributed by atoms with Gasteiger partial charge < -0.3 is 15.7 Å². The average molecular weight is 519 g/mol. The van der Waals surface area contributed by atoms with Crippen LogP contribution in [-0.2, 0) is 15.1 Å². The lowest BCUT2D eigenvalue weighted by Crippen LogP contribution is -2.53. The Morgan fingerprint density at radius 1 is 1.24 bits per heavy atom. The summed E-state index contributed by atoms with van der Waals surface area (Å²) >= 11 is 1.38. The number of urea groups is 1. The number of rotatable bonds is 4. The number of aliphatic hydroxyl groups excluding tert-OH is 1. The standard InChI is InChI=1S/C25H22N6O5S/c1-25(2,23-28-16-6-3-12(11-26)9-18(16)37-23)30-24(36)27-13-4-5-14-15(10-13)22(35)31(21(14)34)17-7-8-19(32)29-20(17)33/h3-6,9-10,17,21,34H,7-8H2,1-2H3,(H2,27,30,36)(H,29,32,33)/t17-,21?/m0/s1. The van der Waals surface area contributed by atoms with Gasteiger partial charge in [-0.15, -0.1) is 11.3 Å². The Morgan fingerprint density at radius 2 is 2.03 bits per heavy atom. The second-order valence-corrected chi connectivity index (χ2v) is 10.4. The molecule has 0 aliphatic carbocycles. The van der Waals surface area contributed by atoms with Crippen LogP contribution in [0.2, 0.25) is 0 Å². The molecule has 2 aliphatic rings. The maximum Gasteiger partial charge on any atom is 0.319 e. The topological polar surface area (TPSA) is 165 Å². The highest BCUT2D eigenvalue weighted by Crippen LogP contribution is 2.36. The summed E-state index contributed by atoms with van der Waals surface area (Å²) in [5.41, 5.74) is 1.21. The number of piperidine rings is 1. The highest BCUT2D eigenvalue weighted by atomic mass is 32.1. The first-order chi connectivity index (χ1) is 17.6. The number of thiazole rings is 1. The molecule has 1 aromatic heterocycles. The van der Waals surface area contributed by atoms with Crippen LogP contribution in [-0.4, -0.2) is 44.8 Å².